The fraction of sp³-hybridized carbons (Fsp3) is 0.818. The molecule has 5 nitrogen and oxygen atoms in total. The molecule has 0 spiro atoms. The van der Waals surface area contributed by atoms with Gasteiger partial charge in [0.15, 0.2) is 0 Å². The van der Waals surface area contributed by atoms with Gasteiger partial charge in [-0.15, -0.1) is 0 Å². The highest BCUT2D eigenvalue weighted by Crippen LogP contribution is 2.35. The molecule has 3 fully saturated rings. The van der Waals surface area contributed by atoms with Crippen molar-refractivity contribution in [2.75, 3.05) is 19.8 Å². The van der Waals surface area contributed by atoms with Crippen LogP contribution in [0, 0.1) is 5.92 Å². The van der Waals surface area contributed by atoms with Crippen molar-refractivity contribution in [2.45, 2.75) is 31.8 Å². The molecule has 2 heterocycles. The lowest BCUT2D eigenvalue weighted by molar-refractivity contribution is -0.137. The van der Waals surface area contributed by atoms with Crippen molar-refractivity contribution in [3.05, 3.63) is 0 Å². The van der Waals surface area contributed by atoms with E-state index in [4.69, 9.17) is 4.74 Å². The van der Waals surface area contributed by atoms with E-state index in [2.05, 4.69) is 0 Å². The van der Waals surface area contributed by atoms with E-state index >= 15 is 0 Å². The van der Waals surface area contributed by atoms with E-state index < -0.39 is 0 Å². The molecule has 3 aliphatic rings. The molecule has 2 aliphatic heterocycles. The summed E-state index contributed by atoms with van der Waals surface area (Å²) >= 11 is 0. The number of carbonyl (C=O) groups excluding carboxylic acids is 2. The number of imide groups is 1. The second-order valence-corrected chi connectivity index (χ2v) is 4.72. The van der Waals surface area contributed by atoms with Crippen molar-refractivity contribution in [1.29, 1.82) is 0 Å². The van der Waals surface area contributed by atoms with Crippen LogP contribution in [0.1, 0.15) is 19.8 Å². The van der Waals surface area contributed by atoms with Crippen molar-refractivity contribution in [3.8, 4) is 0 Å². The average molecular weight is 224 g/mol. The maximum atomic E-state index is 12.2. The molecule has 2 atom stereocenters. The smallest absolute Gasteiger partial charge is 0.327 e. The van der Waals surface area contributed by atoms with Gasteiger partial charge in [0.1, 0.15) is 0 Å². The molecule has 2 unspecified atom stereocenters. The molecule has 3 rings (SSSR count). The van der Waals surface area contributed by atoms with E-state index in [-0.39, 0.29) is 29.9 Å². The predicted molar refractivity (Wildman–Crippen MR) is 55.7 cm³/mol. The first-order valence-corrected chi connectivity index (χ1v) is 5.95. The molecule has 0 aromatic carbocycles. The first kappa shape index (κ1) is 10.1. The van der Waals surface area contributed by atoms with Crippen molar-refractivity contribution < 1.29 is 14.3 Å². The van der Waals surface area contributed by atoms with Crippen molar-refractivity contribution in [1.82, 2.24) is 9.80 Å². The SMILES string of the molecule is CCN1C(=O)N(C2CC2)C(=O)C2COCC21. The third-order valence-electron chi connectivity index (χ3n) is 3.71. The van der Waals surface area contributed by atoms with E-state index in [1.54, 1.807) is 4.90 Å². The summed E-state index contributed by atoms with van der Waals surface area (Å²) in [4.78, 5) is 27.6. The lowest BCUT2D eigenvalue weighted by atomic mass is 9.97. The zero-order valence-corrected chi connectivity index (χ0v) is 9.39. The Hall–Kier alpha value is -1.10. The van der Waals surface area contributed by atoms with Gasteiger partial charge in [-0.25, -0.2) is 4.79 Å². The van der Waals surface area contributed by atoms with E-state index in [1.807, 2.05) is 6.92 Å². The lowest BCUT2D eigenvalue weighted by Gasteiger charge is -2.40. The molecule has 2 saturated heterocycles. The monoisotopic (exact) mass is 224 g/mol. The Balaban J connectivity index is 1.91. The summed E-state index contributed by atoms with van der Waals surface area (Å²) in [6, 6.07) is 0.0253. The molecule has 5 heteroatoms. The zero-order chi connectivity index (χ0) is 11.3. The van der Waals surface area contributed by atoms with Gasteiger partial charge in [-0.2, -0.15) is 0 Å². The van der Waals surface area contributed by atoms with Crippen LogP contribution in [0.3, 0.4) is 0 Å². The number of amides is 3. The highest BCUT2D eigenvalue weighted by atomic mass is 16.5. The number of likely N-dealkylation sites (N-methyl/N-ethyl adjacent to an activating group) is 1. The normalized spacial score (nSPS) is 34.6. The van der Waals surface area contributed by atoms with Gasteiger partial charge in [-0.05, 0) is 19.8 Å². The number of ether oxygens (including phenoxy) is 1. The molecule has 3 amide bonds. The number of fused-ring (bicyclic) bond motifs is 1. The first-order chi connectivity index (χ1) is 7.74. The summed E-state index contributed by atoms with van der Waals surface area (Å²) < 4.78 is 5.35. The minimum absolute atomic E-state index is 0.0142. The lowest BCUT2D eigenvalue weighted by Crippen LogP contribution is -2.61. The van der Waals surface area contributed by atoms with Crippen LogP contribution in [-0.2, 0) is 9.53 Å². The van der Waals surface area contributed by atoms with Gasteiger partial charge in [0.2, 0.25) is 5.91 Å². The van der Waals surface area contributed by atoms with Crippen LogP contribution in [-0.4, -0.2) is 53.6 Å². The quantitative estimate of drug-likeness (QED) is 0.684. The van der Waals surface area contributed by atoms with E-state index in [1.165, 1.54) is 4.90 Å². The Kier molecular flexibility index (Phi) is 2.17. The molecular weight excluding hydrogens is 208 g/mol. The van der Waals surface area contributed by atoms with Crippen molar-refractivity contribution >= 4 is 11.9 Å². The van der Waals surface area contributed by atoms with Crippen molar-refractivity contribution in [2.24, 2.45) is 5.92 Å². The van der Waals surface area contributed by atoms with E-state index in [0.29, 0.717) is 19.8 Å². The van der Waals surface area contributed by atoms with Gasteiger partial charge in [0.05, 0.1) is 25.2 Å². The van der Waals surface area contributed by atoms with Gasteiger partial charge in [0, 0.05) is 12.6 Å². The standard InChI is InChI=1S/C11H16N2O3/c1-2-12-9-6-16-5-8(9)10(14)13(11(12)15)7-3-4-7/h7-9H,2-6H2,1H3. The molecule has 88 valence electrons. The molecule has 1 aliphatic carbocycles. The molecule has 0 radical (unpaired) electrons. The number of urea groups is 1. The Morgan fingerprint density at radius 1 is 1.31 bits per heavy atom. The van der Waals surface area contributed by atoms with Crippen LogP contribution in [0.4, 0.5) is 4.79 Å². The Bertz CT molecular complexity index is 340. The summed E-state index contributed by atoms with van der Waals surface area (Å²) in [6.07, 6.45) is 1.93. The highest BCUT2D eigenvalue weighted by molar-refractivity contribution is 5.99. The Morgan fingerprint density at radius 2 is 2.06 bits per heavy atom. The maximum Gasteiger partial charge on any atom is 0.327 e. The van der Waals surface area contributed by atoms with Crippen LogP contribution in [0.25, 0.3) is 0 Å². The number of nitrogens with zero attached hydrogens (tertiary/aromatic N) is 2. The van der Waals surface area contributed by atoms with Crippen LogP contribution in [0.5, 0.6) is 0 Å². The van der Waals surface area contributed by atoms with Gasteiger partial charge >= 0.3 is 6.03 Å². The van der Waals surface area contributed by atoms with Crippen LogP contribution >= 0.6 is 0 Å². The van der Waals surface area contributed by atoms with Crippen LogP contribution < -0.4 is 0 Å². The largest absolute Gasteiger partial charge is 0.378 e. The first-order valence-electron chi connectivity index (χ1n) is 5.95. The van der Waals surface area contributed by atoms with Crippen LogP contribution in [0.15, 0.2) is 0 Å². The average Bonchev–Trinajstić information content (AvgIpc) is 2.96. The number of carbonyl (C=O) groups is 2. The predicted octanol–water partition coefficient (Wildman–Crippen LogP) is 0.448. The van der Waals surface area contributed by atoms with Gasteiger partial charge < -0.3 is 9.64 Å². The second-order valence-electron chi connectivity index (χ2n) is 4.72. The number of hydrogen-bond acceptors (Lipinski definition) is 3. The molecule has 16 heavy (non-hydrogen) atoms. The fourth-order valence-electron chi connectivity index (χ4n) is 2.68. The topological polar surface area (TPSA) is 49.9 Å². The van der Waals surface area contributed by atoms with E-state index in [0.717, 1.165) is 12.8 Å². The molecule has 0 aromatic rings. The summed E-state index contributed by atoms with van der Waals surface area (Å²) in [6.45, 7) is 3.58. The molecular formula is C11H16N2O3. The molecule has 1 saturated carbocycles. The van der Waals surface area contributed by atoms with Gasteiger partial charge in [-0.1, -0.05) is 0 Å². The summed E-state index contributed by atoms with van der Waals surface area (Å²) in [7, 11) is 0. The third-order valence-corrected chi connectivity index (χ3v) is 3.71. The summed E-state index contributed by atoms with van der Waals surface area (Å²) in [5, 5.41) is 0. The van der Waals surface area contributed by atoms with Crippen molar-refractivity contribution in [3.63, 3.8) is 0 Å². The number of rotatable bonds is 2. The van der Waals surface area contributed by atoms with E-state index in [9.17, 15) is 9.59 Å². The molecule has 0 aromatic heterocycles. The van der Waals surface area contributed by atoms with Crippen LogP contribution in [0.2, 0.25) is 0 Å². The minimum atomic E-state index is -0.127. The minimum Gasteiger partial charge on any atom is -0.378 e. The zero-order valence-electron chi connectivity index (χ0n) is 9.39. The molecule has 0 N–H and O–H groups in total. The highest BCUT2D eigenvalue weighted by Gasteiger charge is 2.52. The Labute approximate surface area is 94.3 Å². The second kappa shape index (κ2) is 3.45. The molecule has 0 bridgehead atoms. The Morgan fingerprint density at radius 3 is 2.69 bits per heavy atom. The summed E-state index contributed by atoms with van der Waals surface area (Å²) in [5.74, 6) is -0.141. The fourth-order valence-corrected chi connectivity index (χ4v) is 2.68. The maximum absolute atomic E-state index is 12.2. The number of hydrogen-bond donors (Lipinski definition) is 0. The summed E-state index contributed by atoms with van der Waals surface area (Å²) in [5.41, 5.74) is 0. The third kappa shape index (κ3) is 1.27. The van der Waals surface area contributed by atoms with Gasteiger partial charge in [0.25, 0.3) is 0 Å². The van der Waals surface area contributed by atoms with Gasteiger partial charge in [-0.3, -0.25) is 9.69 Å².